The van der Waals surface area contributed by atoms with E-state index in [1.165, 1.54) is 25.7 Å². The zero-order valence-electron chi connectivity index (χ0n) is 12.0. The number of amides is 1. The van der Waals surface area contributed by atoms with E-state index < -0.39 is 11.9 Å². The fraction of sp³-hybridized carbons (Fsp3) is 0.867. The zero-order chi connectivity index (χ0) is 14.4. The first kappa shape index (κ1) is 15.3. The van der Waals surface area contributed by atoms with Gasteiger partial charge in [-0.3, -0.25) is 9.59 Å². The summed E-state index contributed by atoms with van der Waals surface area (Å²) >= 11 is 0. The minimum Gasteiger partial charge on any atom is -0.481 e. The van der Waals surface area contributed by atoms with Crippen molar-refractivity contribution in [3.05, 3.63) is 0 Å². The quantitative estimate of drug-likeness (QED) is 0.577. The van der Waals surface area contributed by atoms with Crippen LogP contribution in [0.5, 0.6) is 0 Å². The van der Waals surface area contributed by atoms with Crippen molar-refractivity contribution in [1.29, 1.82) is 0 Å². The lowest BCUT2D eigenvalue weighted by molar-refractivity contribution is -0.152. The van der Waals surface area contributed by atoms with E-state index in [0.717, 1.165) is 12.8 Å². The van der Waals surface area contributed by atoms with Gasteiger partial charge in [-0.25, -0.2) is 0 Å². The Labute approximate surface area is 120 Å². The number of hydrogen-bond acceptors (Lipinski definition) is 3. The first-order valence-corrected chi connectivity index (χ1v) is 7.80. The van der Waals surface area contributed by atoms with E-state index in [-0.39, 0.29) is 11.8 Å². The molecule has 2 aliphatic rings. The first-order valence-electron chi connectivity index (χ1n) is 7.80. The van der Waals surface area contributed by atoms with Crippen LogP contribution < -0.4 is 5.32 Å². The molecule has 0 bridgehead atoms. The third-order valence-electron chi connectivity index (χ3n) is 4.49. The van der Waals surface area contributed by atoms with E-state index in [1.54, 1.807) is 0 Å². The van der Waals surface area contributed by atoms with Crippen molar-refractivity contribution in [3.8, 4) is 0 Å². The fourth-order valence-electron chi connectivity index (χ4n) is 3.05. The molecule has 1 amide bonds. The molecule has 5 nitrogen and oxygen atoms in total. The maximum absolute atomic E-state index is 11.8. The summed E-state index contributed by atoms with van der Waals surface area (Å²) < 4.78 is 5.79. The highest BCUT2D eigenvalue weighted by molar-refractivity contribution is 5.86. The lowest BCUT2D eigenvalue weighted by Gasteiger charge is -2.31. The highest BCUT2D eigenvalue weighted by Crippen LogP contribution is 2.34. The van der Waals surface area contributed by atoms with Gasteiger partial charge in [-0.1, -0.05) is 25.7 Å². The summed E-state index contributed by atoms with van der Waals surface area (Å²) in [7, 11) is 0. The molecule has 0 radical (unpaired) electrons. The molecule has 0 aromatic rings. The summed E-state index contributed by atoms with van der Waals surface area (Å²) in [6.45, 7) is 1.01. The van der Waals surface area contributed by atoms with E-state index in [9.17, 15) is 9.59 Å². The standard InChI is InChI=1S/C15H25NO4/c17-14(12-7-8-13(12)15(18)19)16-9-10-20-11-5-3-1-2-4-6-11/h11-13H,1-10H2,(H,16,17)(H,18,19). The molecule has 0 aliphatic heterocycles. The van der Waals surface area contributed by atoms with Crippen LogP contribution in [0.4, 0.5) is 0 Å². The summed E-state index contributed by atoms with van der Waals surface area (Å²) in [4.78, 5) is 22.7. The predicted octanol–water partition coefficient (Wildman–Crippen LogP) is 1.95. The summed E-state index contributed by atoms with van der Waals surface area (Å²) in [5.74, 6) is -1.82. The van der Waals surface area contributed by atoms with Crippen molar-refractivity contribution >= 4 is 11.9 Å². The monoisotopic (exact) mass is 283 g/mol. The van der Waals surface area contributed by atoms with Crippen LogP contribution in [-0.4, -0.2) is 36.2 Å². The third kappa shape index (κ3) is 4.20. The van der Waals surface area contributed by atoms with Gasteiger partial charge in [0.1, 0.15) is 0 Å². The number of carboxylic acid groups (broad SMARTS) is 1. The van der Waals surface area contributed by atoms with Gasteiger partial charge in [0, 0.05) is 6.54 Å². The minimum atomic E-state index is -0.855. The van der Waals surface area contributed by atoms with Gasteiger partial charge in [-0.15, -0.1) is 0 Å². The second-order valence-corrected chi connectivity index (χ2v) is 5.90. The largest absolute Gasteiger partial charge is 0.481 e. The molecule has 5 heteroatoms. The lowest BCUT2D eigenvalue weighted by atomic mass is 9.73. The van der Waals surface area contributed by atoms with Crippen molar-refractivity contribution in [3.63, 3.8) is 0 Å². The topological polar surface area (TPSA) is 75.6 Å². The molecule has 0 aromatic carbocycles. The Morgan fingerprint density at radius 2 is 1.65 bits per heavy atom. The number of nitrogens with one attached hydrogen (secondary N) is 1. The molecule has 2 saturated carbocycles. The number of carbonyl (C=O) groups excluding carboxylic acids is 1. The number of hydrogen-bond donors (Lipinski definition) is 2. The number of ether oxygens (including phenoxy) is 1. The van der Waals surface area contributed by atoms with Crippen LogP contribution in [0.3, 0.4) is 0 Å². The summed E-state index contributed by atoms with van der Waals surface area (Å²) in [6.07, 6.45) is 8.96. The number of carboxylic acids is 1. The maximum atomic E-state index is 11.8. The average molecular weight is 283 g/mol. The van der Waals surface area contributed by atoms with Crippen molar-refractivity contribution in [2.75, 3.05) is 13.2 Å². The highest BCUT2D eigenvalue weighted by Gasteiger charge is 2.41. The van der Waals surface area contributed by atoms with E-state index >= 15 is 0 Å². The molecule has 2 fully saturated rings. The fourth-order valence-corrected chi connectivity index (χ4v) is 3.05. The zero-order valence-corrected chi connectivity index (χ0v) is 12.0. The van der Waals surface area contributed by atoms with Crippen molar-refractivity contribution in [1.82, 2.24) is 5.32 Å². The second-order valence-electron chi connectivity index (χ2n) is 5.90. The minimum absolute atomic E-state index is 0.131. The predicted molar refractivity (Wildman–Crippen MR) is 74.3 cm³/mol. The molecular formula is C15H25NO4. The SMILES string of the molecule is O=C(O)C1CCC1C(=O)NCCOC1CCCCCC1. The third-order valence-corrected chi connectivity index (χ3v) is 4.49. The van der Waals surface area contributed by atoms with Crippen LogP contribution in [0.1, 0.15) is 51.4 Å². The molecule has 0 heterocycles. The Balaban J connectivity index is 1.58. The van der Waals surface area contributed by atoms with E-state index in [1.807, 2.05) is 0 Å². The summed E-state index contributed by atoms with van der Waals surface area (Å²) in [6, 6.07) is 0. The summed E-state index contributed by atoms with van der Waals surface area (Å²) in [5.41, 5.74) is 0. The smallest absolute Gasteiger partial charge is 0.307 e. The van der Waals surface area contributed by atoms with Gasteiger partial charge in [0.15, 0.2) is 0 Å². The Morgan fingerprint density at radius 3 is 2.20 bits per heavy atom. The molecule has 2 rings (SSSR count). The van der Waals surface area contributed by atoms with Gasteiger partial charge in [0.25, 0.3) is 0 Å². The van der Waals surface area contributed by atoms with Crippen molar-refractivity contribution in [2.24, 2.45) is 11.8 Å². The molecule has 2 N–H and O–H groups in total. The van der Waals surface area contributed by atoms with Gasteiger partial charge in [-0.05, 0) is 25.7 Å². The Kier molecular flexibility index (Phi) is 5.83. The molecule has 2 atom stereocenters. The number of rotatable bonds is 6. The van der Waals surface area contributed by atoms with E-state index in [4.69, 9.17) is 9.84 Å². The number of carbonyl (C=O) groups is 2. The van der Waals surface area contributed by atoms with Crippen LogP contribution in [0.2, 0.25) is 0 Å². The van der Waals surface area contributed by atoms with Crippen LogP contribution in [0.25, 0.3) is 0 Å². The average Bonchev–Trinajstić information content (AvgIpc) is 2.61. The molecule has 2 aliphatic carbocycles. The highest BCUT2D eigenvalue weighted by atomic mass is 16.5. The van der Waals surface area contributed by atoms with Crippen molar-refractivity contribution in [2.45, 2.75) is 57.5 Å². The van der Waals surface area contributed by atoms with Crippen LogP contribution in [0.15, 0.2) is 0 Å². The number of aliphatic carboxylic acids is 1. The van der Waals surface area contributed by atoms with Gasteiger partial charge in [0.05, 0.1) is 24.5 Å². The second kappa shape index (κ2) is 7.62. The van der Waals surface area contributed by atoms with E-state index in [0.29, 0.717) is 32.1 Å². The van der Waals surface area contributed by atoms with Crippen molar-refractivity contribution < 1.29 is 19.4 Å². The van der Waals surface area contributed by atoms with Gasteiger partial charge in [-0.2, -0.15) is 0 Å². The van der Waals surface area contributed by atoms with E-state index in [2.05, 4.69) is 5.32 Å². The van der Waals surface area contributed by atoms with Gasteiger partial charge in [0.2, 0.25) is 5.91 Å². The van der Waals surface area contributed by atoms with Crippen LogP contribution in [0, 0.1) is 11.8 Å². The summed E-state index contributed by atoms with van der Waals surface area (Å²) in [5, 5.41) is 11.7. The maximum Gasteiger partial charge on any atom is 0.307 e. The van der Waals surface area contributed by atoms with Crippen LogP contribution >= 0.6 is 0 Å². The Hall–Kier alpha value is -1.10. The molecular weight excluding hydrogens is 258 g/mol. The molecule has 2 unspecified atom stereocenters. The Bertz CT molecular complexity index is 337. The molecule has 0 spiro atoms. The lowest BCUT2D eigenvalue weighted by Crippen LogP contribution is -2.44. The Morgan fingerprint density at radius 1 is 1.00 bits per heavy atom. The van der Waals surface area contributed by atoms with Gasteiger partial charge >= 0.3 is 5.97 Å². The molecule has 0 aromatic heterocycles. The van der Waals surface area contributed by atoms with Gasteiger partial charge < -0.3 is 15.2 Å². The van der Waals surface area contributed by atoms with Crippen LogP contribution in [-0.2, 0) is 14.3 Å². The molecule has 0 saturated heterocycles. The molecule has 114 valence electrons. The normalized spacial score (nSPS) is 27.4. The first-order chi connectivity index (χ1) is 9.68. The molecule has 20 heavy (non-hydrogen) atoms.